The summed E-state index contributed by atoms with van der Waals surface area (Å²) in [5.41, 5.74) is 7.14. The summed E-state index contributed by atoms with van der Waals surface area (Å²) in [7, 11) is 0. The minimum Gasteiger partial charge on any atom is -0.477 e. The van der Waals surface area contributed by atoms with Crippen LogP contribution in [0.4, 0.5) is 0 Å². The fourth-order valence-electron chi connectivity index (χ4n) is 3.26. The highest BCUT2D eigenvalue weighted by molar-refractivity contribution is 7.18. The number of rotatable bonds is 4. The van der Waals surface area contributed by atoms with Crippen molar-refractivity contribution in [2.75, 3.05) is 13.2 Å². The minimum absolute atomic E-state index is 0.564. The van der Waals surface area contributed by atoms with E-state index >= 15 is 0 Å². The zero-order chi connectivity index (χ0) is 14.8. The first-order chi connectivity index (χ1) is 10.2. The van der Waals surface area contributed by atoms with E-state index in [1.165, 1.54) is 36.1 Å². The maximum absolute atomic E-state index is 6.08. The number of aromatic nitrogens is 2. The van der Waals surface area contributed by atoms with Crippen LogP contribution in [0.5, 0.6) is 5.88 Å². The van der Waals surface area contributed by atoms with Crippen LogP contribution in [-0.2, 0) is 0 Å². The third-order valence-corrected chi connectivity index (χ3v) is 5.85. The van der Waals surface area contributed by atoms with Crippen LogP contribution in [0.25, 0.3) is 10.2 Å². The molecule has 5 heteroatoms. The van der Waals surface area contributed by atoms with Crippen LogP contribution in [0, 0.1) is 25.7 Å². The number of nitrogens with zero attached hydrogens (tertiary/aromatic N) is 2. The van der Waals surface area contributed by atoms with E-state index in [9.17, 15) is 0 Å². The maximum atomic E-state index is 6.08. The van der Waals surface area contributed by atoms with Crippen LogP contribution in [0.15, 0.2) is 6.33 Å². The summed E-state index contributed by atoms with van der Waals surface area (Å²) in [5.74, 6) is 1.90. The molecule has 2 N–H and O–H groups in total. The SMILES string of the molecule is Cc1sc2ncnc(OCC3CCCCC3CN)c2c1C. The number of ether oxygens (including phenoxy) is 1. The molecule has 4 nitrogen and oxygen atoms in total. The first kappa shape index (κ1) is 14.7. The minimum atomic E-state index is 0.564. The molecule has 0 aromatic carbocycles. The van der Waals surface area contributed by atoms with Crippen molar-refractivity contribution in [2.45, 2.75) is 39.5 Å². The lowest BCUT2D eigenvalue weighted by Crippen LogP contribution is -2.30. The van der Waals surface area contributed by atoms with Crippen LogP contribution < -0.4 is 10.5 Å². The van der Waals surface area contributed by atoms with Gasteiger partial charge in [-0.15, -0.1) is 11.3 Å². The first-order valence-electron chi connectivity index (χ1n) is 7.74. The molecule has 1 fully saturated rings. The number of fused-ring (bicyclic) bond motifs is 1. The maximum Gasteiger partial charge on any atom is 0.225 e. The van der Waals surface area contributed by atoms with Gasteiger partial charge in [0.2, 0.25) is 5.88 Å². The predicted octanol–water partition coefficient (Wildman–Crippen LogP) is 3.45. The Morgan fingerprint density at radius 2 is 2.00 bits per heavy atom. The van der Waals surface area contributed by atoms with Crippen LogP contribution >= 0.6 is 11.3 Å². The standard InChI is InChI=1S/C16H23N3OS/c1-10-11(2)21-16-14(10)15(18-9-19-16)20-8-13-6-4-3-5-12(13)7-17/h9,12-13H,3-8,17H2,1-2H3. The van der Waals surface area contributed by atoms with Gasteiger partial charge in [-0.25, -0.2) is 9.97 Å². The van der Waals surface area contributed by atoms with Gasteiger partial charge < -0.3 is 10.5 Å². The molecule has 0 spiro atoms. The molecule has 0 bridgehead atoms. The van der Waals surface area contributed by atoms with Gasteiger partial charge in [0.1, 0.15) is 11.2 Å². The summed E-state index contributed by atoms with van der Waals surface area (Å²) in [6.07, 6.45) is 6.66. The molecule has 2 aromatic rings. The zero-order valence-corrected chi connectivity index (χ0v) is 13.6. The van der Waals surface area contributed by atoms with Gasteiger partial charge in [-0.1, -0.05) is 12.8 Å². The molecule has 0 amide bonds. The van der Waals surface area contributed by atoms with E-state index in [0.29, 0.717) is 11.8 Å². The van der Waals surface area contributed by atoms with E-state index in [0.717, 1.165) is 29.2 Å². The third kappa shape index (κ3) is 2.90. The normalized spacial score (nSPS) is 22.6. The molecular weight excluding hydrogens is 282 g/mol. The van der Waals surface area contributed by atoms with Gasteiger partial charge in [0.15, 0.2) is 0 Å². The molecule has 0 aliphatic heterocycles. The Morgan fingerprint density at radius 3 is 2.76 bits per heavy atom. The van der Waals surface area contributed by atoms with Crippen molar-refractivity contribution in [3.63, 3.8) is 0 Å². The van der Waals surface area contributed by atoms with Crippen molar-refractivity contribution in [3.05, 3.63) is 16.8 Å². The van der Waals surface area contributed by atoms with Gasteiger partial charge in [0, 0.05) is 4.88 Å². The summed E-state index contributed by atoms with van der Waals surface area (Å²) in [5, 5.41) is 1.08. The van der Waals surface area contributed by atoms with Gasteiger partial charge in [-0.2, -0.15) is 0 Å². The van der Waals surface area contributed by atoms with E-state index < -0.39 is 0 Å². The summed E-state index contributed by atoms with van der Waals surface area (Å²) < 4.78 is 6.08. The Balaban J connectivity index is 1.79. The lowest BCUT2D eigenvalue weighted by Gasteiger charge is -2.30. The molecule has 1 aliphatic carbocycles. The number of aryl methyl sites for hydroxylation is 2. The smallest absolute Gasteiger partial charge is 0.225 e. The zero-order valence-electron chi connectivity index (χ0n) is 12.8. The number of nitrogens with two attached hydrogens (primary N) is 1. The van der Waals surface area contributed by atoms with Crippen molar-refractivity contribution in [1.82, 2.24) is 9.97 Å². The predicted molar refractivity (Wildman–Crippen MR) is 86.9 cm³/mol. The molecule has 0 saturated heterocycles. The van der Waals surface area contributed by atoms with Crippen molar-refractivity contribution in [3.8, 4) is 5.88 Å². The second-order valence-corrected chi connectivity index (χ2v) is 7.20. The Labute approximate surface area is 129 Å². The summed E-state index contributed by atoms with van der Waals surface area (Å²) in [6.45, 7) is 5.73. The fraction of sp³-hybridized carbons (Fsp3) is 0.625. The molecule has 2 heterocycles. The van der Waals surface area contributed by atoms with Gasteiger partial charge in [0.05, 0.1) is 12.0 Å². The lowest BCUT2D eigenvalue weighted by molar-refractivity contribution is 0.151. The molecule has 0 radical (unpaired) electrons. The highest BCUT2D eigenvalue weighted by atomic mass is 32.1. The average molecular weight is 305 g/mol. The van der Waals surface area contributed by atoms with E-state index in [4.69, 9.17) is 10.5 Å². The third-order valence-electron chi connectivity index (χ3n) is 4.73. The highest BCUT2D eigenvalue weighted by Crippen LogP contribution is 2.35. The number of hydrogen-bond donors (Lipinski definition) is 1. The summed E-state index contributed by atoms with van der Waals surface area (Å²) in [4.78, 5) is 11.0. The van der Waals surface area contributed by atoms with E-state index in [2.05, 4.69) is 23.8 Å². The Kier molecular flexibility index (Phi) is 4.40. The molecule has 2 unspecified atom stereocenters. The Morgan fingerprint density at radius 1 is 1.24 bits per heavy atom. The van der Waals surface area contributed by atoms with Crippen molar-refractivity contribution in [2.24, 2.45) is 17.6 Å². The largest absolute Gasteiger partial charge is 0.477 e. The second-order valence-electron chi connectivity index (χ2n) is 5.99. The highest BCUT2D eigenvalue weighted by Gasteiger charge is 2.25. The molecule has 2 atom stereocenters. The van der Waals surface area contributed by atoms with Gasteiger partial charge >= 0.3 is 0 Å². The van der Waals surface area contributed by atoms with E-state index in [1.807, 2.05) is 0 Å². The fourth-order valence-corrected chi connectivity index (χ4v) is 4.25. The van der Waals surface area contributed by atoms with Crippen LogP contribution in [-0.4, -0.2) is 23.1 Å². The molecule has 114 valence electrons. The average Bonchev–Trinajstić information content (AvgIpc) is 2.81. The molecule has 2 aromatic heterocycles. The molecule has 1 saturated carbocycles. The molecule has 21 heavy (non-hydrogen) atoms. The summed E-state index contributed by atoms with van der Waals surface area (Å²) >= 11 is 1.71. The van der Waals surface area contributed by atoms with E-state index in [1.54, 1.807) is 17.7 Å². The summed E-state index contributed by atoms with van der Waals surface area (Å²) in [6, 6.07) is 0. The molecular formula is C16H23N3OS. The lowest BCUT2D eigenvalue weighted by atomic mass is 9.80. The van der Waals surface area contributed by atoms with E-state index in [-0.39, 0.29) is 0 Å². The molecule has 3 rings (SSSR count). The van der Waals surface area contributed by atoms with Crippen molar-refractivity contribution < 1.29 is 4.74 Å². The van der Waals surface area contributed by atoms with Crippen LogP contribution in [0.3, 0.4) is 0 Å². The number of thiophene rings is 1. The quantitative estimate of drug-likeness (QED) is 0.940. The van der Waals surface area contributed by atoms with Crippen LogP contribution in [0.2, 0.25) is 0 Å². The van der Waals surface area contributed by atoms with Crippen molar-refractivity contribution >= 4 is 21.6 Å². The van der Waals surface area contributed by atoms with Gasteiger partial charge in [-0.05, 0) is 50.6 Å². The van der Waals surface area contributed by atoms with Gasteiger partial charge in [-0.3, -0.25) is 0 Å². The Hall–Kier alpha value is -1.20. The second kappa shape index (κ2) is 6.28. The number of hydrogen-bond acceptors (Lipinski definition) is 5. The molecule has 1 aliphatic rings. The van der Waals surface area contributed by atoms with Gasteiger partial charge in [0.25, 0.3) is 0 Å². The van der Waals surface area contributed by atoms with Crippen LogP contribution in [0.1, 0.15) is 36.1 Å². The topological polar surface area (TPSA) is 61.0 Å². The Bertz CT molecular complexity index is 625. The van der Waals surface area contributed by atoms with Crippen molar-refractivity contribution in [1.29, 1.82) is 0 Å². The first-order valence-corrected chi connectivity index (χ1v) is 8.56. The monoisotopic (exact) mass is 305 g/mol.